The first-order chi connectivity index (χ1) is 20.8. The van der Waals surface area contributed by atoms with Gasteiger partial charge in [-0.3, -0.25) is 9.52 Å². The van der Waals surface area contributed by atoms with Crippen LogP contribution >= 0.6 is 0 Å². The summed E-state index contributed by atoms with van der Waals surface area (Å²) in [6, 6.07) is 25.1. The molecule has 0 bridgehead atoms. The molecule has 1 amide bonds. The number of amides is 1. The van der Waals surface area contributed by atoms with Crippen LogP contribution < -0.4 is 24.8 Å². The average molecular weight is 600 g/mol. The molecular weight excluding hydrogens is 570 g/mol. The van der Waals surface area contributed by atoms with Crippen molar-refractivity contribution in [3.05, 3.63) is 102 Å². The summed E-state index contributed by atoms with van der Waals surface area (Å²) in [5.74, 6) is 0.975. The van der Waals surface area contributed by atoms with E-state index in [9.17, 15) is 18.3 Å². The number of carbonyl (C=O) groups is 1. The molecule has 0 unspecified atom stereocenters. The lowest BCUT2D eigenvalue weighted by molar-refractivity contribution is -0.115. The molecule has 0 aliphatic rings. The van der Waals surface area contributed by atoms with Gasteiger partial charge in [-0.25, -0.2) is 18.4 Å². The number of ether oxygens (including phenoxy) is 2. The van der Waals surface area contributed by atoms with E-state index in [0.29, 0.717) is 39.5 Å². The molecule has 0 atom stereocenters. The van der Waals surface area contributed by atoms with E-state index < -0.39 is 10.0 Å². The monoisotopic (exact) mass is 599 g/mol. The Morgan fingerprint density at radius 3 is 2.14 bits per heavy atom. The number of methoxy groups -OCH3 is 2. The largest absolute Gasteiger partial charge is 0.497 e. The van der Waals surface area contributed by atoms with Gasteiger partial charge in [-0.15, -0.1) is 0 Å². The summed E-state index contributed by atoms with van der Waals surface area (Å²) in [6.07, 6.45) is 0.100. The number of sulfonamides is 1. The number of nitrogens with one attached hydrogen (secondary N) is 3. The van der Waals surface area contributed by atoms with Crippen LogP contribution in [0.3, 0.4) is 0 Å². The lowest BCUT2D eigenvalue weighted by Gasteiger charge is -2.15. The molecule has 0 saturated carbocycles. The molecule has 1 heterocycles. The van der Waals surface area contributed by atoms with Crippen LogP contribution in [0.4, 0.5) is 23.0 Å². The van der Waals surface area contributed by atoms with E-state index in [2.05, 4.69) is 25.3 Å². The maximum Gasteiger partial charge on any atom is 0.263 e. The number of aromatic nitrogens is 2. The van der Waals surface area contributed by atoms with Crippen molar-refractivity contribution in [3.63, 3.8) is 0 Å². The number of anilines is 4. The Morgan fingerprint density at radius 2 is 1.47 bits per heavy atom. The second kappa shape index (κ2) is 12.8. The molecule has 0 spiro atoms. The van der Waals surface area contributed by atoms with Crippen molar-refractivity contribution < 1.29 is 27.8 Å². The zero-order valence-electron chi connectivity index (χ0n) is 23.4. The summed E-state index contributed by atoms with van der Waals surface area (Å²) in [4.78, 5) is 21.7. The zero-order chi connectivity index (χ0) is 30.4. The van der Waals surface area contributed by atoms with Gasteiger partial charge in [0.1, 0.15) is 11.5 Å². The number of para-hydroxylation sites is 2. The van der Waals surface area contributed by atoms with Gasteiger partial charge in [0, 0.05) is 17.4 Å². The Hall–Kier alpha value is -5.20. The molecular formula is C31H29N5O6S. The smallest absolute Gasteiger partial charge is 0.263 e. The SMILES string of the molecule is COc1ccc(CC(=O)Nc2cccc(S(=O)(=O)Nc3nc4ccccc4nc3Nc3cc(CO)cc(OC)c3)c2)cc1. The van der Waals surface area contributed by atoms with E-state index in [1.165, 1.54) is 25.3 Å². The number of nitrogens with zero attached hydrogens (tertiary/aromatic N) is 2. The normalized spacial score (nSPS) is 11.1. The summed E-state index contributed by atoms with van der Waals surface area (Å²) in [5.41, 5.74) is 3.21. The number of aliphatic hydroxyl groups excluding tert-OH is 1. The summed E-state index contributed by atoms with van der Waals surface area (Å²) in [5, 5.41) is 15.5. The molecule has 12 heteroatoms. The molecule has 43 heavy (non-hydrogen) atoms. The third-order valence-electron chi connectivity index (χ3n) is 6.40. The van der Waals surface area contributed by atoms with Crippen molar-refractivity contribution in [1.82, 2.24) is 9.97 Å². The highest BCUT2D eigenvalue weighted by atomic mass is 32.2. The predicted molar refractivity (Wildman–Crippen MR) is 164 cm³/mol. The Labute approximate surface area is 248 Å². The van der Waals surface area contributed by atoms with Crippen LogP contribution in [0.25, 0.3) is 11.0 Å². The van der Waals surface area contributed by atoms with Crippen LogP contribution in [-0.2, 0) is 27.8 Å². The fourth-order valence-electron chi connectivity index (χ4n) is 4.30. The van der Waals surface area contributed by atoms with Crippen molar-refractivity contribution in [3.8, 4) is 11.5 Å². The van der Waals surface area contributed by atoms with Crippen LogP contribution in [-0.4, -0.2) is 43.6 Å². The molecule has 5 rings (SSSR count). The lowest BCUT2D eigenvalue weighted by atomic mass is 10.1. The van der Waals surface area contributed by atoms with E-state index in [1.807, 2.05) is 0 Å². The quantitative estimate of drug-likeness (QED) is 0.167. The molecule has 4 N–H and O–H groups in total. The minimum atomic E-state index is -4.17. The first-order valence-electron chi connectivity index (χ1n) is 13.1. The molecule has 5 aromatic rings. The van der Waals surface area contributed by atoms with Gasteiger partial charge in [-0.1, -0.05) is 30.3 Å². The van der Waals surface area contributed by atoms with E-state index >= 15 is 0 Å². The third kappa shape index (κ3) is 7.18. The second-order valence-electron chi connectivity index (χ2n) is 9.47. The Balaban J connectivity index is 1.41. The van der Waals surface area contributed by atoms with E-state index in [4.69, 9.17) is 9.47 Å². The number of hydrogen-bond acceptors (Lipinski definition) is 9. The highest BCUT2D eigenvalue weighted by Gasteiger charge is 2.20. The van der Waals surface area contributed by atoms with E-state index in [1.54, 1.807) is 79.9 Å². The lowest BCUT2D eigenvalue weighted by Crippen LogP contribution is -2.17. The zero-order valence-corrected chi connectivity index (χ0v) is 24.2. The van der Waals surface area contributed by atoms with Gasteiger partial charge in [0.15, 0.2) is 11.6 Å². The Morgan fingerprint density at radius 1 is 0.767 bits per heavy atom. The number of hydrogen-bond donors (Lipinski definition) is 4. The summed E-state index contributed by atoms with van der Waals surface area (Å²) >= 11 is 0. The van der Waals surface area contributed by atoms with Gasteiger partial charge in [0.25, 0.3) is 10.0 Å². The third-order valence-corrected chi connectivity index (χ3v) is 7.74. The van der Waals surface area contributed by atoms with Crippen LogP contribution in [0.5, 0.6) is 11.5 Å². The first kappa shape index (κ1) is 29.3. The molecule has 1 aromatic heterocycles. The highest BCUT2D eigenvalue weighted by molar-refractivity contribution is 7.92. The standard InChI is InChI=1S/C31H29N5O6S/c1-41-24-12-10-20(11-13-24)16-29(38)32-22-6-5-7-26(18-22)43(39,40)36-31-30(34-27-8-3-4-9-28(27)35-31)33-23-14-21(19-37)15-25(17-23)42-2/h3-15,17-18,37H,16,19H2,1-2H3,(H,32,38)(H,33,34)(H,35,36). The fourth-order valence-corrected chi connectivity index (χ4v) is 5.35. The van der Waals surface area contributed by atoms with Crippen LogP contribution in [0, 0.1) is 0 Å². The van der Waals surface area contributed by atoms with E-state index in [0.717, 1.165) is 5.56 Å². The second-order valence-corrected chi connectivity index (χ2v) is 11.2. The summed E-state index contributed by atoms with van der Waals surface area (Å²) < 4.78 is 40.1. The topological polar surface area (TPSA) is 152 Å². The molecule has 4 aromatic carbocycles. The number of carbonyl (C=O) groups excluding carboxylic acids is 1. The van der Waals surface area contributed by atoms with Crippen molar-refractivity contribution in [1.29, 1.82) is 0 Å². The summed E-state index contributed by atoms with van der Waals surface area (Å²) in [6.45, 7) is -0.220. The molecule has 0 radical (unpaired) electrons. The predicted octanol–water partition coefficient (Wildman–Crippen LogP) is 4.86. The van der Waals surface area contributed by atoms with Gasteiger partial charge >= 0.3 is 0 Å². The maximum atomic E-state index is 13.5. The van der Waals surface area contributed by atoms with E-state index in [-0.39, 0.29) is 35.5 Å². The first-order valence-corrected chi connectivity index (χ1v) is 14.6. The average Bonchev–Trinajstić information content (AvgIpc) is 3.01. The van der Waals surface area contributed by atoms with Gasteiger partial charge in [-0.05, 0) is 65.7 Å². The van der Waals surface area contributed by atoms with Crippen molar-refractivity contribution in [2.45, 2.75) is 17.9 Å². The van der Waals surface area contributed by atoms with Crippen molar-refractivity contribution in [2.24, 2.45) is 0 Å². The van der Waals surface area contributed by atoms with Crippen LogP contribution in [0.1, 0.15) is 11.1 Å². The van der Waals surface area contributed by atoms with Crippen molar-refractivity contribution in [2.75, 3.05) is 29.6 Å². The minimum Gasteiger partial charge on any atom is -0.497 e. The maximum absolute atomic E-state index is 13.5. The number of aliphatic hydroxyl groups is 1. The fraction of sp³-hybridized carbons (Fsp3) is 0.129. The number of rotatable bonds is 11. The van der Waals surface area contributed by atoms with Crippen LogP contribution in [0.15, 0.2) is 95.9 Å². The molecule has 0 aliphatic heterocycles. The number of benzene rings is 4. The van der Waals surface area contributed by atoms with Gasteiger partial charge in [0.2, 0.25) is 5.91 Å². The van der Waals surface area contributed by atoms with Gasteiger partial charge in [0.05, 0.1) is 43.2 Å². The molecule has 0 aliphatic carbocycles. The number of fused-ring (bicyclic) bond motifs is 1. The van der Waals surface area contributed by atoms with Crippen LogP contribution in [0.2, 0.25) is 0 Å². The molecule has 11 nitrogen and oxygen atoms in total. The summed E-state index contributed by atoms with van der Waals surface area (Å²) in [7, 11) is -1.10. The minimum absolute atomic E-state index is 0.0407. The highest BCUT2D eigenvalue weighted by Crippen LogP contribution is 2.30. The van der Waals surface area contributed by atoms with Gasteiger partial charge in [-0.2, -0.15) is 0 Å². The van der Waals surface area contributed by atoms with Gasteiger partial charge < -0.3 is 25.2 Å². The Kier molecular flexibility index (Phi) is 8.69. The molecule has 220 valence electrons. The van der Waals surface area contributed by atoms with Crippen molar-refractivity contribution >= 4 is 50.0 Å². The Bertz CT molecular complexity index is 1860. The molecule has 0 saturated heterocycles. The molecule has 0 fully saturated rings.